The zero-order valence-corrected chi connectivity index (χ0v) is 6.58. The molecule has 0 aromatic heterocycles. The van der Waals surface area contributed by atoms with E-state index in [1.54, 1.807) is 0 Å². The number of rotatable bonds is 2. The van der Waals surface area contributed by atoms with Crippen LogP contribution in [0, 0.1) is 5.82 Å². The molecule has 0 saturated heterocycles. The van der Waals surface area contributed by atoms with Crippen LogP contribution in [0.4, 0.5) is 4.39 Å². The van der Waals surface area contributed by atoms with Crippen molar-refractivity contribution < 1.29 is 14.0 Å². The first-order valence-corrected chi connectivity index (χ1v) is 3.41. The second-order valence-corrected chi connectivity index (χ2v) is 2.42. The predicted molar refractivity (Wildman–Crippen MR) is 43.4 cm³/mol. The van der Waals surface area contributed by atoms with Crippen molar-refractivity contribution >= 4 is 11.8 Å². The molecule has 0 aliphatic rings. The molecule has 0 radical (unpaired) electrons. The minimum absolute atomic E-state index is 0.00231. The van der Waals surface area contributed by atoms with Crippen molar-refractivity contribution in [3.8, 4) is 0 Å². The summed E-state index contributed by atoms with van der Waals surface area (Å²) in [6.45, 7) is 0. The highest BCUT2D eigenvalue weighted by molar-refractivity contribution is 5.96. The first-order chi connectivity index (χ1) is 6.02. The molecule has 1 aromatic rings. The van der Waals surface area contributed by atoms with E-state index >= 15 is 0 Å². The van der Waals surface area contributed by atoms with Gasteiger partial charge in [-0.1, -0.05) is 0 Å². The summed E-state index contributed by atoms with van der Waals surface area (Å²) >= 11 is 0. The summed E-state index contributed by atoms with van der Waals surface area (Å²) in [5.41, 5.74) is 9.48. The van der Waals surface area contributed by atoms with Crippen LogP contribution < -0.4 is 11.5 Å². The van der Waals surface area contributed by atoms with Crippen LogP contribution in [0.3, 0.4) is 0 Å². The molecule has 5 heteroatoms. The van der Waals surface area contributed by atoms with Gasteiger partial charge in [0.1, 0.15) is 5.82 Å². The molecule has 1 rings (SSSR count). The van der Waals surface area contributed by atoms with Crippen LogP contribution in [-0.4, -0.2) is 11.8 Å². The number of primary amides is 2. The second kappa shape index (κ2) is 3.22. The fraction of sp³-hybridized carbons (Fsp3) is 0. The van der Waals surface area contributed by atoms with Gasteiger partial charge in [-0.2, -0.15) is 0 Å². The summed E-state index contributed by atoms with van der Waals surface area (Å²) in [4.78, 5) is 21.1. The molecule has 4 N–H and O–H groups in total. The van der Waals surface area contributed by atoms with Gasteiger partial charge >= 0.3 is 0 Å². The largest absolute Gasteiger partial charge is 0.366 e. The third kappa shape index (κ3) is 1.81. The van der Waals surface area contributed by atoms with Crippen molar-refractivity contribution in [1.29, 1.82) is 0 Å². The van der Waals surface area contributed by atoms with Gasteiger partial charge in [0.25, 0.3) is 5.91 Å². The van der Waals surface area contributed by atoms with Crippen LogP contribution in [0.2, 0.25) is 0 Å². The van der Waals surface area contributed by atoms with Gasteiger partial charge in [0.05, 0.1) is 5.56 Å². The van der Waals surface area contributed by atoms with E-state index in [0.717, 1.165) is 12.1 Å². The first-order valence-electron chi connectivity index (χ1n) is 3.41. The van der Waals surface area contributed by atoms with Gasteiger partial charge in [-0.25, -0.2) is 4.39 Å². The highest BCUT2D eigenvalue weighted by atomic mass is 19.1. The summed E-state index contributed by atoms with van der Waals surface area (Å²) in [6, 6.07) is 3.24. The first kappa shape index (κ1) is 9.18. The van der Waals surface area contributed by atoms with Crippen LogP contribution in [0.1, 0.15) is 20.7 Å². The molecule has 0 bridgehead atoms. The lowest BCUT2D eigenvalue weighted by molar-refractivity contribution is 0.0985. The Bertz CT molecular complexity index is 376. The molecular weight excluding hydrogens is 175 g/mol. The van der Waals surface area contributed by atoms with Crippen molar-refractivity contribution in [1.82, 2.24) is 0 Å². The van der Waals surface area contributed by atoms with E-state index < -0.39 is 17.6 Å². The smallest absolute Gasteiger partial charge is 0.251 e. The Balaban J connectivity index is 3.20. The minimum atomic E-state index is -0.881. The Hall–Kier alpha value is -1.91. The van der Waals surface area contributed by atoms with E-state index in [9.17, 15) is 14.0 Å². The van der Waals surface area contributed by atoms with Crippen LogP contribution >= 0.6 is 0 Å². The maximum Gasteiger partial charge on any atom is 0.251 e. The van der Waals surface area contributed by atoms with Gasteiger partial charge in [-0.15, -0.1) is 0 Å². The maximum atomic E-state index is 13.0. The molecule has 0 aliphatic heterocycles. The topological polar surface area (TPSA) is 86.2 Å². The number of hydrogen-bond acceptors (Lipinski definition) is 2. The lowest BCUT2D eigenvalue weighted by atomic mass is 10.1. The normalized spacial score (nSPS) is 9.62. The Morgan fingerprint density at radius 1 is 1.15 bits per heavy atom. The van der Waals surface area contributed by atoms with Crippen LogP contribution in [0.5, 0.6) is 0 Å². The monoisotopic (exact) mass is 182 g/mol. The molecule has 0 heterocycles. The Kier molecular flexibility index (Phi) is 2.27. The van der Waals surface area contributed by atoms with E-state index in [-0.39, 0.29) is 11.1 Å². The third-order valence-electron chi connectivity index (χ3n) is 1.52. The number of carbonyl (C=O) groups is 2. The van der Waals surface area contributed by atoms with Crippen molar-refractivity contribution in [3.05, 3.63) is 35.1 Å². The van der Waals surface area contributed by atoms with E-state index in [4.69, 9.17) is 11.5 Å². The van der Waals surface area contributed by atoms with Crippen molar-refractivity contribution in [2.75, 3.05) is 0 Å². The third-order valence-corrected chi connectivity index (χ3v) is 1.52. The molecule has 0 spiro atoms. The number of amides is 2. The van der Waals surface area contributed by atoms with Gasteiger partial charge in [0.15, 0.2) is 0 Å². The molecule has 4 nitrogen and oxygen atoms in total. The van der Waals surface area contributed by atoms with E-state index in [1.165, 1.54) is 6.07 Å². The Labute approximate surface area is 73.3 Å². The zero-order valence-electron chi connectivity index (χ0n) is 6.58. The fourth-order valence-corrected chi connectivity index (χ4v) is 0.868. The average Bonchev–Trinajstić information content (AvgIpc) is 2.03. The molecule has 0 unspecified atom stereocenters. The molecular formula is C8H7FN2O2. The van der Waals surface area contributed by atoms with Crippen molar-refractivity contribution in [2.24, 2.45) is 11.5 Å². The summed E-state index contributed by atoms with van der Waals surface area (Å²) in [5, 5.41) is 0. The fourth-order valence-electron chi connectivity index (χ4n) is 0.868. The Morgan fingerprint density at radius 2 is 1.77 bits per heavy atom. The zero-order chi connectivity index (χ0) is 10.0. The van der Waals surface area contributed by atoms with Gasteiger partial charge in [0.2, 0.25) is 5.91 Å². The molecule has 0 atom stereocenters. The summed E-state index contributed by atoms with van der Waals surface area (Å²) in [5.74, 6) is -2.48. The summed E-state index contributed by atoms with van der Waals surface area (Å²) < 4.78 is 13.0. The quantitative estimate of drug-likeness (QED) is 0.675. The molecule has 68 valence electrons. The van der Waals surface area contributed by atoms with Gasteiger partial charge in [-0.3, -0.25) is 9.59 Å². The molecule has 0 saturated carbocycles. The molecule has 13 heavy (non-hydrogen) atoms. The average molecular weight is 182 g/mol. The standard InChI is InChI=1S/C8H7FN2O2/c9-6-3-4(7(10)12)1-2-5(6)8(11)13/h1-3H,(H2,10,12)(H2,11,13). The van der Waals surface area contributed by atoms with Gasteiger partial charge < -0.3 is 11.5 Å². The lowest BCUT2D eigenvalue weighted by Crippen LogP contribution is -2.16. The number of hydrogen-bond donors (Lipinski definition) is 2. The summed E-state index contributed by atoms with van der Waals surface area (Å²) in [7, 11) is 0. The van der Waals surface area contributed by atoms with Gasteiger partial charge in [-0.05, 0) is 18.2 Å². The molecule has 0 fully saturated rings. The SMILES string of the molecule is NC(=O)c1ccc(C(N)=O)c(F)c1. The van der Waals surface area contributed by atoms with E-state index in [2.05, 4.69) is 0 Å². The molecule has 1 aromatic carbocycles. The highest BCUT2D eigenvalue weighted by Gasteiger charge is 2.10. The predicted octanol–water partition coefficient (Wildman–Crippen LogP) is 0.0235. The second-order valence-electron chi connectivity index (χ2n) is 2.42. The Morgan fingerprint density at radius 3 is 2.15 bits per heavy atom. The lowest BCUT2D eigenvalue weighted by Gasteiger charge is -1.99. The van der Waals surface area contributed by atoms with Gasteiger partial charge in [0, 0.05) is 5.56 Å². The molecule has 2 amide bonds. The molecule has 0 aliphatic carbocycles. The maximum absolute atomic E-state index is 13.0. The van der Waals surface area contributed by atoms with Crippen LogP contribution in [0.15, 0.2) is 18.2 Å². The highest BCUT2D eigenvalue weighted by Crippen LogP contribution is 2.09. The van der Waals surface area contributed by atoms with E-state index in [0.29, 0.717) is 0 Å². The number of halogens is 1. The van der Waals surface area contributed by atoms with Crippen molar-refractivity contribution in [2.45, 2.75) is 0 Å². The summed E-state index contributed by atoms with van der Waals surface area (Å²) in [6.07, 6.45) is 0. The minimum Gasteiger partial charge on any atom is -0.366 e. The van der Waals surface area contributed by atoms with E-state index in [1.807, 2.05) is 0 Å². The van der Waals surface area contributed by atoms with Crippen LogP contribution in [-0.2, 0) is 0 Å². The number of benzene rings is 1. The van der Waals surface area contributed by atoms with Crippen molar-refractivity contribution in [3.63, 3.8) is 0 Å². The van der Waals surface area contributed by atoms with Crippen LogP contribution in [0.25, 0.3) is 0 Å². The number of nitrogens with two attached hydrogens (primary N) is 2. The number of carbonyl (C=O) groups excluding carboxylic acids is 2.